The molecule has 2 aromatic heterocycles. The van der Waals surface area contributed by atoms with Crippen molar-refractivity contribution in [2.75, 3.05) is 20.1 Å². The highest BCUT2D eigenvalue weighted by atomic mass is 16.2. The molecule has 5 nitrogen and oxygen atoms in total. The zero-order chi connectivity index (χ0) is 16.7. The van der Waals surface area contributed by atoms with Crippen LogP contribution in [0.15, 0.2) is 24.5 Å². The van der Waals surface area contributed by atoms with Crippen LogP contribution in [0.3, 0.4) is 0 Å². The lowest BCUT2D eigenvalue weighted by atomic mass is 10.0. The van der Waals surface area contributed by atoms with Crippen LogP contribution in [-0.4, -0.2) is 57.3 Å². The monoisotopic (exact) mass is 326 g/mol. The van der Waals surface area contributed by atoms with Gasteiger partial charge < -0.3 is 14.2 Å². The Morgan fingerprint density at radius 2 is 2.04 bits per heavy atom. The van der Waals surface area contributed by atoms with Gasteiger partial charge in [-0.25, -0.2) is 4.98 Å². The van der Waals surface area contributed by atoms with E-state index in [0.29, 0.717) is 18.5 Å². The first-order valence-corrected chi connectivity index (χ1v) is 9.06. The van der Waals surface area contributed by atoms with Gasteiger partial charge in [-0.05, 0) is 57.8 Å². The fourth-order valence-corrected chi connectivity index (χ4v) is 4.47. The second-order valence-electron chi connectivity index (χ2n) is 7.32. The fourth-order valence-electron chi connectivity index (χ4n) is 4.47. The summed E-state index contributed by atoms with van der Waals surface area (Å²) in [5, 5.41) is 0. The third kappa shape index (κ3) is 2.71. The molecular formula is C19H26N4O. The summed E-state index contributed by atoms with van der Waals surface area (Å²) in [6.07, 6.45) is 9.15. The van der Waals surface area contributed by atoms with Crippen LogP contribution in [0.25, 0.3) is 5.65 Å². The van der Waals surface area contributed by atoms with Gasteiger partial charge in [0.1, 0.15) is 5.65 Å². The minimum atomic E-state index is 0.235. The Morgan fingerprint density at radius 1 is 1.25 bits per heavy atom. The second-order valence-corrected chi connectivity index (χ2v) is 7.32. The molecule has 2 aromatic rings. The first-order chi connectivity index (χ1) is 11.6. The van der Waals surface area contributed by atoms with Gasteiger partial charge in [-0.1, -0.05) is 6.07 Å². The summed E-state index contributed by atoms with van der Waals surface area (Å²) < 4.78 is 2.02. The Labute approximate surface area is 143 Å². The Morgan fingerprint density at radius 3 is 2.79 bits per heavy atom. The molecular weight excluding hydrogens is 300 g/mol. The molecule has 0 radical (unpaired) electrons. The van der Waals surface area contributed by atoms with Crippen molar-refractivity contribution in [1.29, 1.82) is 0 Å². The molecule has 0 aliphatic carbocycles. The van der Waals surface area contributed by atoms with Gasteiger partial charge in [-0.2, -0.15) is 0 Å². The van der Waals surface area contributed by atoms with Crippen LogP contribution in [-0.2, 0) is 11.2 Å². The number of fused-ring (bicyclic) bond motifs is 1. The van der Waals surface area contributed by atoms with Crippen LogP contribution in [0.2, 0.25) is 0 Å². The molecule has 2 aliphatic rings. The first-order valence-electron chi connectivity index (χ1n) is 9.06. The predicted molar refractivity (Wildman–Crippen MR) is 94.0 cm³/mol. The van der Waals surface area contributed by atoms with Crippen LogP contribution in [0.4, 0.5) is 0 Å². The molecule has 128 valence electrons. The summed E-state index contributed by atoms with van der Waals surface area (Å²) in [7, 11) is 2.20. The number of rotatable bonds is 3. The highest BCUT2D eigenvalue weighted by molar-refractivity contribution is 5.79. The molecule has 2 aliphatic heterocycles. The van der Waals surface area contributed by atoms with E-state index in [0.717, 1.165) is 42.8 Å². The number of likely N-dealkylation sites (tertiary alicyclic amines) is 2. The fraction of sp³-hybridized carbons (Fsp3) is 0.579. The topological polar surface area (TPSA) is 40.9 Å². The van der Waals surface area contributed by atoms with Crippen molar-refractivity contribution in [3.63, 3.8) is 0 Å². The minimum absolute atomic E-state index is 0.235. The minimum Gasteiger partial charge on any atom is -0.338 e. The van der Waals surface area contributed by atoms with Crippen LogP contribution < -0.4 is 0 Å². The second kappa shape index (κ2) is 6.20. The van der Waals surface area contributed by atoms with Crippen molar-refractivity contribution in [1.82, 2.24) is 19.2 Å². The number of carbonyl (C=O) groups is 1. The molecule has 2 saturated heterocycles. The third-order valence-corrected chi connectivity index (χ3v) is 5.70. The van der Waals surface area contributed by atoms with E-state index in [9.17, 15) is 4.79 Å². The maximum Gasteiger partial charge on any atom is 0.228 e. The largest absolute Gasteiger partial charge is 0.338 e. The zero-order valence-corrected chi connectivity index (χ0v) is 14.6. The number of likely N-dealkylation sites (N-methyl/N-ethyl adjacent to an activating group) is 1. The van der Waals surface area contributed by atoms with Gasteiger partial charge in [0.25, 0.3) is 0 Å². The predicted octanol–water partition coefficient (Wildman–Crippen LogP) is 2.27. The Balaban J connectivity index is 1.51. The molecule has 24 heavy (non-hydrogen) atoms. The van der Waals surface area contributed by atoms with E-state index < -0.39 is 0 Å². The van der Waals surface area contributed by atoms with Gasteiger partial charge in [0.15, 0.2) is 0 Å². The van der Waals surface area contributed by atoms with E-state index in [1.807, 2.05) is 22.9 Å². The number of carbonyl (C=O) groups excluding carboxylic acids is 1. The van der Waals surface area contributed by atoms with E-state index in [2.05, 4.69) is 34.8 Å². The van der Waals surface area contributed by atoms with Crippen LogP contribution >= 0.6 is 0 Å². The molecule has 0 unspecified atom stereocenters. The van der Waals surface area contributed by atoms with Gasteiger partial charge in [0, 0.05) is 31.0 Å². The van der Waals surface area contributed by atoms with Crippen molar-refractivity contribution in [3.8, 4) is 0 Å². The molecule has 2 fully saturated rings. The van der Waals surface area contributed by atoms with Crippen molar-refractivity contribution in [2.24, 2.45) is 0 Å². The zero-order valence-electron chi connectivity index (χ0n) is 14.6. The maximum atomic E-state index is 12.9. The van der Waals surface area contributed by atoms with Gasteiger partial charge in [0.05, 0.1) is 12.1 Å². The summed E-state index contributed by atoms with van der Waals surface area (Å²) in [6.45, 7) is 4.12. The molecule has 0 saturated carbocycles. The molecule has 0 spiro atoms. The maximum absolute atomic E-state index is 12.9. The van der Waals surface area contributed by atoms with Crippen molar-refractivity contribution < 1.29 is 4.79 Å². The molecule has 0 N–H and O–H groups in total. The highest BCUT2D eigenvalue weighted by Gasteiger charge is 2.38. The smallest absolute Gasteiger partial charge is 0.228 e. The summed E-state index contributed by atoms with van der Waals surface area (Å²) in [4.78, 5) is 22.1. The Kier molecular flexibility index (Phi) is 4.04. The molecule has 0 bridgehead atoms. The Hall–Kier alpha value is -1.88. The number of amides is 1. The lowest BCUT2D eigenvalue weighted by molar-refractivity contribution is -0.132. The number of hydrogen-bond donors (Lipinski definition) is 0. The van der Waals surface area contributed by atoms with E-state index >= 15 is 0 Å². The number of pyridine rings is 1. The Bertz CT molecular complexity index is 753. The van der Waals surface area contributed by atoms with E-state index in [1.165, 1.54) is 12.8 Å². The first kappa shape index (κ1) is 15.6. The summed E-state index contributed by atoms with van der Waals surface area (Å²) in [6, 6.07) is 5.01. The van der Waals surface area contributed by atoms with Crippen LogP contribution in [0, 0.1) is 6.92 Å². The summed E-state index contributed by atoms with van der Waals surface area (Å²) in [5.74, 6) is 0.235. The van der Waals surface area contributed by atoms with E-state index in [4.69, 9.17) is 0 Å². The molecule has 2 atom stereocenters. The van der Waals surface area contributed by atoms with Gasteiger partial charge in [-0.3, -0.25) is 4.79 Å². The van der Waals surface area contributed by atoms with Gasteiger partial charge in [-0.15, -0.1) is 0 Å². The van der Waals surface area contributed by atoms with Crippen molar-refractivity contribution in [3.05, 3.63) is 35.8 Å². The average Bonchev–Trinajstić information content (AvgIpc) is 3.25. The highest BCUT2D eigenvalue weighted by Crippen LogP contribution is 2.29. The molecule has 5 heteroatoms. The standard InChI is InChI=1S/C19H26N4O/c1-14-6-3-10-22-13-15(20-19(14)22)12-18(24)23-11-5-8-17(23)16-7-4-9-21(16)2/h3,6,10,13,16-17H,4-5,7-9,11-12H2,1-2H3/t16-,17-/m0/s1. The molecule has 4 rings (SSSR count). The lowest BCUT2D eigenvalue weighted by Gasteiger charge is -2.33. The average molecular weight is 326 g/mol. The normalized spacial score (nSPS) is 25.0. The van der Waals surface area contributed by atoms with Crippen LogP contribution in [0.5, 0.6) is 0 Å². The lowest BCUT2D eigenvalue weighted by Crippen LogP contribution is -2.47. The number of nitrogens with zero attached hydrogens (tertiary/aromatic N) is 4. The third-order valence-electron chi connectivity index (χ3n) is 5.70. The van der Waals surface area contributed by atoms with Gasteiger partial charge >= 0.3 is 0 Å². The SMILES string of the molecule is Cc1cccn2cc(CC(=O)N3CCC[C@H]3[C@@H]3CCCN3C)nc12. The summed E-state index contributed by atoms with van der Waals surface area (Å²) >= 11 is 0. The molecule has 1 amide bonds. The molecule has 0 aromatic carbocycles. The van der Waals surface area contributed by atoms with Crippen molar-refractivity contribution in [2.45, 2.75) is 51.1 Å². The van der Waals surface area contributed by atoms with Crippen molar-refractivity contribution >= 4 is 11.6 Å². The van der Waals surface area contributed by atoms with Crippen LogP contribution in [0.1, 0.15) is 36.9 Å². The number of imidazole rings is 1. The number of aryl methyl sites for hydroxylation is 1. The molecule has 4 heterocycles. The summed E-state index contributed by atoms with van der Waals surface area (Å²) in [5.41, 5.74) is 2.97. The quantitative estimate of drug-likeness (QED) is 0.869. The van der Waals surface area contributed by atoms with Gasteiger partial charge in [0.2, 0.25) is 5.91 Å². The van der Waals surface area contributed by atoms with E-state index in [1.54, 1.807) is 0 Å². The van der Waals surface area contributed by atoms with E-state index in [-0.39, 0.29) is 5.91 Å². The number of hydrogen-bond acceptors (Lipinski definition) is 3. The number of aromatic nitrogens is 2.